The maximum Gasteiger partial charge on any atom is 0.304 e. The molecule has 0 aliphatic carbocycles. The van der Waals surface area contributed by atoms with E-state index in [1.165, 1.54) is 0 Å². The number of para-hydroxylation sites is 1. The van der Waals surface area contributed by atoms with Crippen molar-refractivity contribution in [3.63, 3.8) is 0 Å². The Bertz CT molecular complexity index is 769. The van der Waals surface area contributed by atoms with E-state index in [0.717, 1.165) is 42.5 Å². The number of fused-ring (bicyclic) bond motifs is 1. The number of aliphatic carboxylic acids is 1. The maximum atomic E-state index is 12.0. The fourth-order valence-corrected chi connectivity index (χ4v) is 3.21. The third kappa shape index (κ3) is 4.26. The van der Waals surface area contributed by atoms with E-state index in [4.69, 9.17) is 5.11 Å². The van der Waals surface area contributed by atoms with Gasteiger partial charge in [-0.3, -0.25) is 14.6 Å². The van der Waals surface area contributed by atoms with Gasteiger partial charge in [0.2, 0.25) is 5.91 Å². The van der Waals surface area contributed by atoms with Crippen molar-refractivity contribution in [2.45, 2.75) is 32.2 Å². The summed E-state index contributed by atoms with van der Waals surface area (Å²) in [6.45, 7) is 3.34. The minimum atomic E-state index is -0.943. The molecule has 6 heteroatoms. The van der Waals surface area contributed by atoms with E-state index in [1.54, 1.807) is 6.92 Å². The number of amides is 1. The zero-order valence-electron chi connectivity index (χ0n) is 14.3. The van der Waals surface area contributed by atoms with E-state index >= 15 is 0 Å². The first-order valence-electron chi connectivity index (χ1n) is 8.65. The molecule has 1 aromatic heterocycles. The second-order valence-electron chi connectivity index (χ2n) is 6.66. The van der Waals surface area contributed by atoms with Crippen LogP contribution in [-0.2, 0) is 9.59 Å². The molecule has 0 spiro atoms. The molecule has 3 rings (SSSR count). The molecule has 0 radical (unpaired) electrons. The van der Waals surface area contributed by atoms with Crippen LogP contribution in [-0.4, -0.2) is 41.1 Å². The molecule has 132 valence electrons. The van der Waals surface area contributed by atoms with Gasteiger partial charge in [0.15, 0.2) is 0 Å². The third-order valence-corrected chi connectivity index (χ3v) is 4.71. The van der Waals surface area contributed by atoms with Crippen molar-refractivity contribution in [3.05, 3.63) is 36.5 Å². The van der Waals surface area contributed by atoms with Gasteiger partial charge in [-0.05, 0) is 25.0 Å². The molecule has 0 bridgehead atoms. The summed E-state index contributed by atoms with van der Waals surface area (Å²) in [5, 5.41) is 12.9. The van der Waals surface area contributed by atoms with E-state index in [2.05, 4.69) is 27.3 Å². The summed E-state index contributed by atoms with van der Waals surface area (Å²) >= 11 is 0. The molecule has 1 saturated heterocycles. The molecule has 2 heterocycles. The van der Waals surface area contributed by atoms with Crippen molar-refractivity contribution in [1.82, 2.24) is 10.3 Å². The number of hydrogen-bond donors (Lipinski definition) is 2. The number of nitrogens with zero attached hydrogens (tertiary/aromatic N) is 2. The number of carbonyl (C=O) groups is 2. The topological polar surface area (TPSA) is 82.5 Å². The van der Waals surface area contributed by atoms with Crippen molar-refractivity contribution in [1.29, 1.82) is 0 Å². The molecule has 2 N–H and O–H groups in total. The fraction of sp³-hybridized carbons (Fsp3) is 0.421. The molecule has 25 heavy (non-hydrogen) atoms. The van der Waals surface area contributed by atoms with E-state index in [1.807, 2.05) is 24.4 Å². The largest absolute Gasteiger partial charge is 0.481 e. The van der Waals surface area contributed by atoms with Gasteiger partial charge < -0.3 is 15.3 Å². The van der Waals surface area contributed by atoms with Crippen molar-refractivity contribution >= 4 is 28.5 Å². The van der Waals surface area contributed by atoms with Crippen LogP contribution in [0.1, 0.15) is 26.2 Å². The van der Waals surface area contributed by atoms with Gasteiger partial charge in [0, 0.05) is 30.4 Å². The molecular weight excluding hydrogens is 318 g/mol. The average Bonchev–Trinajstić information content (AvgIpc) is 2.61. The van der Waals surface area contributed by atoms with E-state index in [-0.39, 0.29) is 18.4 Å². The van der Waals surface area contributed by atoms with Crippen LogP contribution in [0.4, 0.5) is 5.69 Å². The van der Waals surface area contributed by atoms with Gasteiger partial charge in [-0.15, -0.1) is 0 Å². The molecule has 0 saturated carbocycles. The Morgan fingerprint density at radius 2 is 2.04 bits per heavy atom. The first-order valence-corrected chi connectivity index (χ1v) is 8.65. The van der Waals surface area contributed by atoms with E-state index in [9.17, 15) is 9.59 Å². The van der Waals surface area contributed by atoms with Crippen LogP contribution in [0.2, 0.25) is 0 Å². The molecule has 6 nitrogen and oxygen atoms in total. The van der Waals surface area contributed by atoms with Crippen LogP contribution in [0.25, 0.3) is 10.9 Å². The number of benzene rings is 1. The van der Waals surface area contributed by atoms with Crippen LogP contribution in [0, 0.1) is 5.92 Å². The van der Waals surface area contributed by atoms with E-state index in [0.29, 0.717) is 0 Å². The minimum absolute atomic E-state index is 0.105. The monoisotopic (exact) mass is 341 g/mol. The zero-order valence-corrected chi connectivity index (χ0v) is 14.3. The zero-order chi connectivity index (χ0) is 17.8. The number of pyridine rings is 1. The van der Waals surface area contributed by atoms with Gasteiger partial charge in [-0.2, -0.15) is 0 Å². The number of anilines is 1. The van der Waals surface area contributed by atoms with Crippen LogP contribution >= 0.6 is 0 Å². The molecule has 2 aromatic rings. The van der Waals surface area contributed by atoms with Crippen molar-refractivity contribution in [3.8, 4) is 0 Å². The van der Waals surface area contributed by atoms with Crippen LogP contribution in [0.3, 0.4) is 0 Å². The SMILES string of the molecule is CC(CC(=O)O)C(=O)NC1CCN(c2cnc3ccccc3c2)CC1. The smallest absolute Gasteiger partial charge is 0.304 e. The Morgan fingerprint density at radius 1 is 1.32 bits per heavy atom. The highest BCUT2D eigenvalue weighted by molar-refractivity contribution is 5.83. The number of rotatable bonds is 5. The average molecular weight is 341 g/mol. The molecule has 1 fully saturated rings. The number of carboxylic acid groups (broad SMARTS) is 1. The number of carboxylic acids is 1. The van der Waals surface area contributed by atoms with Gasteiger partial charge in [-0.25, -0.2) is 0 Å². The van der Waals surface area contributed by atoms with Gasteiger partial charge in [0.1, 0.15) is 0 Å². The normalized spacial score (nSPS) is 16.6. The summed E-state index contributed by atoms with van der Waals surface area (Å²) in [5.74, 6) is -1.62. The lowest BCUT2D eigenvalue weighted by molar-refractivity contribution is -0.141. The second kappa shape index (κ2) is 7.51. The highest BCUT2D eigenvalue weighted by Gasteiger charge is 2.24. The first-order chi connectivity index (χ1) is 12.0. The third-order valence-electron chi connectivity index (χ3n) is 4.71. The van der Waals surface area contributed by atoms with E-state index < -0.39 is 11.9 Å². The Morgan fingerprint density at radius 3 is 2.76 bits per heavy atom. The summed E-state index contributed by atoms with van der Waals surface area (Å²) in [5.41, 5.74) is 2.09. The van der Waals surface area contributed by atoms with Gasteiger partial charge in [0.05, 0.1) is 23.8 Å². The number of piperidine rings is 1. The molecule has 1 aliphatic heterocycles. The van der Waals surface area contributed by atoms with Gasteiger partial charge in [-0.1, -0.05) is 25.1 Å². The van der Waals surface area contributed by atoms with Crippen molar-refractivity contribution in [2.75, 3.05) is 18.0 Å². The summed E-state index contributed by atoms with van der Waals surface area (Å²) in [4.78, 5) is 29.5. The standard InChI is InChI=1S/C19H23N3O3/c1-13(10-18(23)24)19(25)21-15-6-8-22(9-7-15)16-11-14-4-2-3-5-17(14)20-12-16/h2-5,11-13,15H,6-10H2,1H3,(H,21,25)(H,23,24). The molecular formula is C19H23N3O3. The van der Waals surface area contributed by atoms with Crippen LogP contribution < -0.4 is 10.2 Å². The van der Waals surface area contributed by atoms with Crippen molar-refractivity contribution in [2.24, 2.45) is 5.92 Å². The summed E-state index contributed by atoms with van der Waals surface area (Å²) < 4.78 is 0. The Kier molecular flexibility index (Phi) is 5.16. The molecule has 1 aromatic carbocycles. The fourth-order valence-electron chi connectivity index (χ4n) is 3.21. The predicted molar refractivity (Wildman–Crippen MR) is 96.5 cm³/mol. The molecule has 1 unspecified atom stereocenters. The Labute approximate surface area is 146 Å². The highest BCUT2D eigenvalue weighted by Crippen LogP contribution is 2.23. The number of hydrogen-bond acceptors (Lipinski definition) is 4. The lowest BCUT2D eigenvalue weighted by atomic mass is 10.0. The Balaban J connectivity index is 1.56. The predicted octanol–water partition coefficient (Wildman–Crippen LogP) is 2.43. The quantitative estimate of drug-likeness (QED) is 0.873. The lowest BCUT2D eigenvalue weighted by Gasteiger charge is -2.34. The summed E-state index contributed by atoms with van der Waals surface area (Å²) in [7, 11) is 0. The van der Waals surface area contributed by atoms with Crippen LogP contribution in [0.15, 0.2) is 36.5 Å². The van der Waals surface area contributed by atoms with Gasteiger partial charge >= 0.3 is 5.97 Å². The first kappa shape index (κ1) is 17.2. The molecule has 1 amide bonds. The summed E-state index contributed by atoms with van der Waals surface area (Å²) in [6.07, 6.45) is 3.46. The Hall–Kier alpha value is -2.63. The lowest BCUT2D eigenvalue weighted by Crippen LogP contribution is -2.46. The second-order valence-corrected chi connectivity index (χ2v) is 6.66. The number of nitrogens with one attached hydrogen (secondary N) is 1. The highest BCUT2D eigenvalue weighted by atomic mass is 16.4. The minimum Gasteiger partial charge on any atom is -0.481 e. The van der Waals surface area contributed by atoms with Crippen LogP contribution in [0.5, 0.6) is 0 Å². The maximum absolute atomic E-state index is 12.0. The number of aromatic nitrogens is 1. The molecule has 1 atom stereocenters. The molecule has 1 aliphatic rings. The van der Waals surface area contributed by atoms with Crippen molar-refractivity contribution < 1.29 is 14.7 Å². The summed E-state index contributed by atoms with van der Waals surface area (Å²) in [6, 6.07) is 10.3. The van der Waals surface area contributed by atoms with Gasteiger partial charge in [0.25, 0.3) is 0 Å². The number of carbonyl (C=O) groups excluding carboxylic acids is 1.